The first-order chi connectivity index (χ1) is 18.9. The molecule has 3 heterocycles. The van der Waals surface area contributed by atoms with E-state index in [2.05, 4.69) is 11.4 Å². The molecule has 1 atom stereocenters. The van der Waals surface area contributed by atoms with Crippen LogP contribution in [0.4, 0.5) is 5.69 Å². The van der Waals surface area contributed by atoms with Crippen LogP contribution in [0.2, 0.25) is 0 Å². The van der Waals surface area contributed by atoms with Crippen LogP contribution in [-0.4, -0.2) is 22.2 Å². The summed E-state index contributed by atoms with van der Waals surface area (Å²) < 4.78 is 9.70. The molecule has 0 bridgehead atoms. The molecule has 39 heavy (non-hydrogen) atoms. The molecule has 0 fully saturated rings. The number of carbonyl (C=O) groups excluding carboxylic acids is 1. The average Bonchev–Trinajstić information content (AvgIpc) is 3.43. The third-order valence-corrected chi connectivity index (χ3v) is 7.90. The van der Waals surface area contributed by atoms with Gasteiger partial charge in [0.05, 0.1) is 29.0 Å². The lowest BCUT2D eigenvalue weighted by molar-refractivity contribution is -0.113. The molecule has 3 aromatic carbocycles. The lowest BCUT2D eigenvalue weighted by Gasteiger charge is -2.25. The van der Waals surface area contributed by atoms with Gasteiger partial charge < -0.3 is 14.6 Å². The number of methoxy groups -OCH3 is 1. The molecule has 1 amide bonds. The van der Waals surface area contributed by atoms with E-state index in [-0.39, 0.29) is 11.5 Å². The number of aromatic nitrogens is 2. The van der Waals surface area contributed by atoms with Gasteiger partial charge in [-0.1, -0.05) is 59.9 Å². The number of allylic oxidation sites excluding steroid dienone is 1. The summed E-state index contributed by atoms with van der Waals surface area (Å²) in [5, 5.41) is 4.04. The second kappa shape index (κ2) is 9.89. The summed E-state index contributed by atoms with van der Waals surface area (Å²) in [7, 11) is 3.59. The van der Waals surface area contributed by atoms with Crippen molar-refractivity contribution in [2.24, 2.45) is 12.0 Å². The van der Waals surface area contributed by atoms with E-state index >= 15 is 0 Å². The number of amides is 1. The highest BCUT2D eigenvalue weighted by Gasteiger charge is 2.32. The predicted octanol–water partition coefficient (Wildman–Crippen LogP) is 4.37. The number of nitrogens with zero attached hydrogens (tertiary/aromatic N) is 3. The molecule has 1 N–H and O–H groups in total. The second-order valence-corrected chi connectivity index (χ2v) is 10.4. The fourth-order valence-electron chi connectivity index (χ4n) is 5.09. The molecule has 0 saturated carbocycles. The molecule has 0 radical (unpaired) electrons. The largest absolute Gasteiger partial charge is 0.497 e. The Hall–Kier alpha value is -4.69. The van der Waals surface area contributed by atoms with Crippen LogP contribution in [0.3, 0.4) is 0 Å². The van der Waals surface area contributed by atoms with Crippen molar-refractivity contribution in [1.82, 2.24) is 9.13 Å². The van der Waals surface area contributed by atoms with Crippen LogP contribution in [0.25, 0.3) is 17.0 Å². The first-order valence-electron chi connectivity index (χ1n) is 12.5. The lowest BCUT2D eigenvalue weighted by Crippen LogP contribution is -2.40. The summed E-state index contributed by atoms with van der Waals surface area (Å²) >= 11 is 1.33. The summed E-state index contributed by atoms with van der Waals surface area (Å²) in [6, 6.07) is 24.2. The minimum atomic E-state index is -0.672. The van der Waals surface area contributed by atoms with E-state index in [4.69, 9.17) is 9.73 Å². The number of ether oxygens (including phenoxy) is 1. The highest BCUT2D eigenvalue weighted by atomic mass is 32.1. The van der Waals surface area contributed by atoms with Gasteiger partial charge in [0.2, 0.25) is 0 Å². The minimum Gasteiger partial charge on any atom is -0.497 e. The molecule has 1 aliphatic heterocycles. The SMILES string of the molecule is COc1cccc([C@H]2C(C(=O)Nc3ccccc3)=C(C)N=c3s/c(=C/c4cn(C)c5ccccc45)c(=O)n32)c1. The predicted molar refractivity (Wildman–Crippen MR) is 155 cm³/mol. The maximum Gasteiger partial charge on any atom is 0.271 e. The van der Waals surface area contributed by atoms with E-state index in [0.29, 0.717) is 32.0 Å². The Morgan fingerprint density at radius 3 is 2.62 bits per heavy atom. The minimum absolute atomic E-state index is 0.197. The third kappa shape index (κ3) is 4.38. The van der Waals surface area contributed by atoms with Crippen molar-refractivity contribution in [3.8, 4) is 5.75 Å². The van der Waals surface area contributed by atoms with Crippen LogP contribution < -0.4 is 24.9 Å². The Balaban J connectivity index is 1.54. The molecule has 0 aliphatic carbocycles. The van der Waals surface area contributed by atoms with Gasteiger partial charge in [-0.25, -0.2) is 4.99 Å². The monoisotopic (exact) mass is 534 g/mol. The van der Waals surface area contributed by atoms with Crippen LogP contribution in [0.15, 0.2) is 106 Å². The maximum atomic E-state index is 14.0. The number of hydrogen-bond acceptors (Lipinski definition) is 5. The number of fused-ring (bicyclic) bond motifs is 2. The summed E-state index contributed by atoms with van der Waals surface area (Å²) in [4.78, 5) is 33.0. The summed E-state index contributed by atoms with van der Waals surface area (Å²) in [5.41, 5.74) is 4.25. The molecule has 0 unspecified atom stereocenters. The van der Waals surface area contributed by atoms with Crippen molar-refractivity contribution >= 4 is 39.9 Å². The van der Waals surface area contributed by atoms with Crippen LogP contribution >= 0.6 is 11.3 Å². The average molecular weight is 535 g/mol. The van der Waals surface area contributed by atoms with E-state index in [1.54, 1.807) is 11.7 Å². The maximum absolute atomic E-state index is 14.0. The van der Waals surface area contributed by atoms with E-state index in [0.717, 1.165) is 22.0 Å². The molecule has 0 spiro atoms. The zero-order chi connectivity index (χ0) is 27.1. The van der Waals surface area contributed by atoms with Crippen molar-refractivity contribution in [2.75, 3.05) is 12.4 Å². The molecule has 2 aromatic heterocycles. The van der Waals surface area contributed by atoms with Crippen LogP contribution in [0, 0.1) is 0 Å². The molecule has 194 valence electrons. The van der Waals surface area contributed by atoms with Crippen LogP contribution in [0.1, 0.15) is 24.1 Å². The van der Waals surface area contributed by atoms with Gasteiger partial charge in [-0.3, -0.25) is 14.2 Å². The standard InChI is InChI=1S/C31H26N4O3S/c1-19-27(29(36)33-22-11-5-4-6-12-22)28(20-10-9-13-23(16-20)38-3)35-30(37)26(39-31(35)32-19)17-21-18-34(2)25-15-8-7-14-24(21)25/h4-18,28H,1-3H3,(H,33,36)/b26-17+/t28-/m0/s1. The van der Waals surface area contributed by atoms with Crippen LogP contribution in [0.5, 0.6) is 5.75 Å². The first-order valence-corrected chi connectivity index (χ1v) is 13.3. The van der Waals surface area contributed by atoms with Gasteiger partial charge in [-0.15, -0.1) is 0 Å². The Kier molecular flexibility index (Phi) is 6.24. The van der Waals surface area contributed by atoms with Gasteiger partial charge in [0.25, 0.3) is 11.5 Å². The molecule has 7 nitrogen and oxygen atoms in total. The van der Waals surface area contributed by atoms with E-state index in [9.17, 15) is 9.59 Å². The number of thiazole rings is 1. The summed E-state index contributed by atoms with van der Waals surface area (Å²) in [5.74, 6) is 0.335. The molecule has 5 aromatic rings. The molecule has 6 rings (SSSR count). The second-order valence-electron chi connectivity index (χ2n) is 9.39. The number of benzene rings is 3. The number of para-hydroxylation sites is 2. The van der Waals surface area contributed by atoms with Crippen LogP contribution in [-0.2, 0) is 11.8 Å². The zero-order valence-electron chi connectivity index (χ0n) is 21.7. The van der Waals surface area contributed by atoms with Gasteiger partial charge in [0.1, 0.15) is 5.75 Å². The van der Waals surface area contributed by atoms with Crippen molar-refractivity contribution in [2.45, 2.75) is 13.0 Å². The Labute approximate surface area is 228 Å². The summed E-state index contributed by atoms with van der Waals surface area (Å²) in [6.07, 6.45) is 3.93. The number of rotatable bonds is 5. The van der Waals surface area contributed by atoms with Crippen molar-refractivity contribution in [3.05, 3.63) is 127 Å². The van der Waals surface area contributed by atoms with Gasteiger partial charge >= 0.3 is 0 Å². The molecule has 0 saturated heterocycles. The number of carbonyl (C=O) groups is 1. The highest BCUT2D eigenvalue weighted by Crippen LogP contribution is 2.32. The molecule has 1 aliphatic rings. The Morgan fingerprint density at radius 2 is 1.82 bits per heavy atom. The van der Waals surface area contributed by atoms with Gasteiger partial charge in [0, 0.05) is 35.4 Å². The number of hydrogen-bond donors (Lipinski definition) is 1. The van der Waals surface area contributed by atoms with Gasteiger partial charge in [0.15, 0.2) is 4.80 Å². The first kappa shape index (κ1) is 24.6. The van der Waals surface area contributed by atoms with Crippen molar-refractivity contribution in [3.63, 3.8) is 0 Å². The number of aryl methyl sites for hydroxylation is 1. The Morgan fingerprint density at radius 1 is 1.05 bits per heavy atom. The number of nitrogens with one attached hydrogen (secondary N) is 1. The Bertz CT molecular complexity index is 1950. The topological polar surface area (TPSA) is 77.6 Å². The van der Waals surface area contributed by atoms with Crippen molar-refractivity contribution < 1.29 is 9.53 Å². The van der Waals surface area contributed by atoms with E-state index < -0.39 is 6.04 Å². The molecular formula is C31H26N4O3S. The smallest absolute Gasteiger partial charge is 0.271 e. The number of anilines is 1. The third-order valence-electron chi connectivity index (χ3n) is 6.92. The zero-order valence-corrected chi connectivity index (χ0v) is 22.5. The molecule has 8 heteroatoms. The molecular weight excluding hydrogens is 508 g/mol. The quantitative estimate of drug-likeness (QED) is 0.364. The fourth-order valence-corrected chi connectivity index (χ4v) is 6.13. The van der Waals surface area contributed by atoms with Gasteiger partial charge in [-0.05, 0) is 48.9 Å². The lowest BCUT2D eigenvalue weighted by atomic mass is 9.95. The van der Waals surface area contributed by atoms with E-state index in [1.807, 2.05) is 104 Å². The van der Waals surface area contributed by atoms with Gasteiger partial charge in [-0.2, -0.15) is 0 Å². The summed E-state index contributed by atoms with van der Waals surface area (Å²) in [6.45, 7) is 1.81. The highest BCUT2D eigenvalue weighted by molar-refractivity contribution is 7.07. The van der Waals surface area contributed by atoms with E-state index in [1.165, 1.54) is 11.3 Å². The normalized spacial score (nSPS) is 15.3. The van der Waals surface area contributed by atoms with Crippen molar-refractivity contribution in [1.29, 1.82) is 0 Å². The fraction of sp³-hybridized carbons (Fsp3) is 0.129.